The summed E-state index contributed by atoms with van der Waals surface area (Å²) < 4.78 is 0. The highest BCUT2D eigenvalue weighted by atomic mass is 31.6. The summed E-state index contributed by atoms with van der Waals surface area (Å²) in [7, 11) is -0.788. The second kappa shape index (κ2) is 4.30. The van der Waals surface area contributed by atoms with E-state index in [-0.39, 0.29) is 0 Å². The van der Waals surface area contributed by atoms with E-state index in [0.717, 1.165) is 0 Å². The van der Waals surface area contributed by atoms with Crippen LogP contribution < -0.4 is 5.19 Å². The lowest BCUT2D eigenvalue weighted by Crippen LogP contribution is -2.40. The molecule has 14 heavy (non-hydrogen) atoms. The van der Waals surface area contributed by atoms with Crippen LogP contribution >= 0.6 is 7.68 Å². The first-order valence-corrected chi connectivity index (χ1v) is 14.7. The summed E-state index contributed by atoms with van der Waals surface area (Å²) in [6, 6.07) is 11.1. The molecule has 0 N–H and O–H groups in total. The van der Waals surface area contributed by atoms with Crippen LogP contribution in [0.25, 0.3) is 0 Å². The fourth-order valence-corrected chi connectivity index (χ4v) is 29.6. The van der Waals surface area contributed by atoms with Gasteiger partial charge in [-0.2, -0.15) is 0 Å². The molecular formula is C11H21PSi2. The SMILES string of the molecule is C[Si](C)(C)P[Si](C)(C)c1ccccc1. The van der Waals surface area contributed by atoms with Gasteiger partial charge in [-0.1, -0.05) is 68.3 Å². The molecule has 0 fully saturated rings. The Morgan fingerprint density at radius 3 is 1.79 bits per heavy atom. The predicted molar refractivity (Wildman–Crippen MR) is 75.2 cm³/mol. The summed E-state index contributed by atoms with van der Waals surface area (Å²) in [4.78, 5) is 0. The van der Waals surface area contributed by atoms with Gasteiger partial charge < -0.3 is 0 Å². The largest absolute Gasteiger partial charge is 0.140 e. The van der Waals surface area contributed by atoms with Crippen LogP contribution in [0.4, 0.5) is 0 Å². The monoisotopic (exact) mass is 240 g/mol. The molecule has 0 bridgehead atoms. The molecule has 0 aromatic heterocycles. The molecule has 78 valence electrons. The molecule has 1 atom stereocenters. The summed E-state index contributed by atoms with van der Waals surface area (Å²) in [6.45, 7) is 12.5. The van der Waals surface area contributed by atoms with Crippen molar-refractivity contribution in [2.45, 2.75) is 32.7 Å². The third-order valence-electron chi connectivity index (χ3n) is 2.18. The van der Waals surface area contributed by atoms with Gasteiger partial charge in [0.25, 0.3) is 0 Å². The lowest BCUT2D eigenvalue weighted by molar-refractivity contribution is 1.73. The Labute approximate surface area is 91.6 Å². The van der Waals surface area contributed by atoms with Crippen molar-refractivity contribution in [2.75, 3.05) is 0 Å². The minimum Gasteiger partial charge on any atom is -0.140 e. The first-order valence-electron chi connectivity index (χ1n) is 5.16. The van der Waals surface area contributed by atoms with Crippen molar-refractivity contribution in [3.05, 3.63) is 30.3 Å². The summed E-state index contributed by atoms with van der Waals surface area (Å²) in [5.41, 5.74) is 0. The molecule has 1 aromatic carbocycles. The van der Waals surface area contributed by atoms with Crippen LogP contribution in [0.5, 0.6) is 0 Å². The zero-order chi connectivity index (χ0) is 10.8. The normalized spacial score (nSPS) is 13.8. The van der Waals surface area contributed by atoms with Gasteiger partial charge in [0.1, 0.15) is 0 Å². The first-order chi connectivity index (χ1) is 6.31. The fourth-order valence-electron chi connectivity index (χ4n) is 1.86. The zero-order valence-corrected chi connectivity index (χ0v) is 12.9. The van der Waals surface area contributed by atoms with Crippen LogP contribution in [0.1, 0.15) is 0 Å². The molecule has 0 radical (unpaired) electrons. The summed E-state index contributed by atoms with van der Waals surface area (Å²) in [5, 5.41) is 1.63. The quantitative estimate of drug-likeness (QED) is 0.559. The highest BCUT2D eigenvalue weighted by molar-refractivity contribution is 8.08. The molecule has 0 aliphatic rings. The second-order valence-corrected chi connectivity index (χ2v) is 25.2. The van der Waals surface area contributed by atoms with Crippen LogP contribution in [-0.4, -0.2) is 15.5 Å². The molecule has 1 unspecified atom stereocenters. The predicted octanol–water partition coefficient (Wildman–Crippen LogP) is 3.61. The van der Waals surface area contributed by atoms with Gasteiger partial charge in [0.15, 0.2) is 0 Å². The van der Waals surface area contributed by atoms with E-state index in [1.807, 2.05) is 0 Å². The molecule has 0 heterocycles. The molecule has 0 spiro atoms. The fraction of sp³-hybridized carbons (Fsp3) is 0.455. The summed E-state index contributed by atoms with van der Waals surface area (Å²) in [5.74, 6) is 0. The minimum atomic E-state index is -1.13. The third kappa shape index (κ3) is 3.68. The molecule has 1 rings (SSSR count). The highest BCUT2D eigenvalue weighted by Gasteiger charge is 2.29. The number of hydrogen-bond acceptors (Lipinski definition) is 0. The van der Waals surface area contributed by atoms with Crippen LogP contribution in [0.2, 0.25) is 32.7 Å². The Morgan fingerprint density at radius 1 is 0.857 bits per heavy atom. The number of rotatable bonds is 3. The van der Waals surface area contributed by atoms with E-state index >= 15 is 0 Å². The van der Waals surface area contributed by atoms with Gasteiger partial charge in [-0.15, -0.1) is 7.68 Å². The molecule has 3 heteroatoms. The average Bonchev–Trinajstić information content (AvgIpc) is 2.01. The van der Waals surface area contributed by atoms with Crippen molar-refractivity contribution in [3.8, 4) is 0 Å². The maximum Gasteiger partial charge on any atom is 0.0998 e. The van der Waals surface area contributed by atoms with E-state index in [4.69, 9.17) is 0 Å². The zero-order valence-electron chi connectivity index (χ0n) is 9.89. The third-order valence-corrected chi connectivity index (χ3v) is 22.7. The van der Waals surface area contributed by atoms with Gasteiger partial charge >= 0.3 is 0 Å². The molecule has 0 nitrogen and oxygen atoms in total. The Bertz CT molecular complexity index is 288. The average molecular weight is 240 g/mol. The van der Waals surface area contributed by atoms with Crippen LogP contribution in [-0.2, 0) is 0 Å². The van der Waals surface area contributed by atoms with E-state index in [9.17, 15) is 0 Å². The van der Waals surface area contributed by atoms with Crippen molar-refractivity contribution in [1.82, 2.24) is 0 Å². The number of hydrogen-bond donors (Lipinski definition) is 0. The standard InChI is InChI=1S/C11H21PSi2/c1-13(2,3)12-14(4,5)11-9-7-6-8-10-11/h6-10,12H,1-5H3. The van der Waals surface area contributed by atoms with Crippen molar-refractivity contribution < 1.29 is 0 Å². The van der Waals surface area contributed by atoms with Gasteiger partial charge in [-0.3, -0.25) is 0 Å². The van der Waals surface area contributed by atoms with E-state index in [0.29, 0.717) is 0 Å². The van der Waals surface area contributed by atoms with Gasteiger partial charge in [0.05, 0.1) is 15.5 Å². The Kier molecular flexibility index (Phi) is 3.73. The van der Waals surface area contributed by atoms with E-state index in [1.165, 1.54) is 7.68 Å². The molecule has 0 saturated heterocycles. The van der Waals surface area contributed by atoms with E-state index < -0.39 is 15.5 Å². The van der Waals surface area contributed by atoms with Crippen LogP contribution in [0.15, 0.2) is 30.3 Å². The van der Waals surface area contributed by atoms with Crippen LogP contribution in [0.3, 0.4) is 0 Å². The highest BCUT2D eigenvalue weighted by Crippen LogP contribution is 2.36. The molecule has 0 saturated carbocycles. The Balaban J connectivity index is 2.86. The number of benzene rings is 1. The lowest BCUT2D eigenvalue weighted by atomic mass is 10.4. The van der Waals surface area contributed by atoms with E-state index in [1.54, 1.807) is 5.19 Å². The van der Waals surface area contributed by atoms with Gasteiger partial charge in [0, 0.05) is 0 Å². The summed E-state index contributed by atoms with van der Waals surface area (Å²) >= 11 is 0. The smallest absolute Gasteiger partial charge is 0.0998 e. The Hall–Kier alpha value is 0.0838. The Morgan fingerprint density at radius 2 is 1.36 bits per heavy atom. The lowest BCUT2D eigenvalue weighted by Gasteiger charge is -2.30. The van der Waals surface area contributed by atoms with Crippen LogP contribution in [0, 0.1) is 0 Å². The van der Waals surface area contributed by atoms with Gasteiger partial charge in [0.2, 0.25) is 0 Å². The summed E-state index contributed by atoms with van der Waals surface area (Å²) in [6.07, 6.45) is 0. The van der Waals surface area contributed by atoms with Crippen molar-refractivity contribution in [3.63, 3.8) is 0 Å². The second-order valence-electron chi connectivity index (χ2n) is 5.37. The molecule has 0 aliphatic carbocycles. The first kappa shape index (κ1) is 12.2. The van der Waals surface area contributed by atoms with Gasteiger partial charge in [-0.25, -0.2) is 0 Å². The molecule has 0 amide bonds. The van der Waals surface area contributed by atoms with Crippen molar-refractivity contribution >= 4 is 28.3 Å². The van der Waals surface area contributed by atoms with Crippen molar-refractivity contribution in [2.24, 2.45) is 0 Å². The minimum absolute atomic E-state index is 0.886. The van der Waals surface area contributed by atoms with E-state index in [2.05, 4.69) is 63.1 Å². The maximum atomic E-state index is 2.51. The maximum absolute atomic E-state index is 2.51. The molecule has 0 aliphatic heterocycles. The molecular weight excluding hydrogens is 219 g/mol. The van der Waals surface area contributed by atoms with Gasteiger partial charge in [-0.05, 0) is 0 Å². The topological polar surface area (TPSA) is 0 Å². The molecule has 1 aromatic rings. The van der Waals surface area contributed by atoms with Crippen molar-refractivity contribution in [1.29, 1.82) is 0 Å².